The van der Waals surface area contributed by atoms with Crippen LogP contribution in [0.4, 0.5) is 0 Å². The summed E-state index contributed by atoms with van der Waals surface area (Å²) in [5, 5.41) is 0. The molecule has 0 unspecified atom stereocenters. The SMILES string of the molecule is Cc1cc2n(c1)CN(C)C2. The first-order valence-electron chi connectivity index (χ1n) is 3.60. The highest BCUT2D eigenvalue weighted by Gasteiger charge is 2.13. The molecule has 0 fully saturated rings. The van der Waals surface area contributed by atoms with E-state index in [1.54, 1.807) is 0 Å². The Hall–Kier alpha value is -0.760. The van der Waals surface area contributed by atoms with E-state index in [4.69, 9.17) is 0 Å². The standard InChI is InChI=1S/C8H12N2/c1-7-3-8-5-9(2)6-10(8)4-7/h3-4H,5-6H2,1-2H3. The van der Waals surface area contributed by atoms with Crippen LogP contribution in [-0.2, 0) is 13.2 Å². The Morgan fingerprint density at radius 3 is 3.00 bits per heavy atom. The second-order valence-electron chi connectivity index (χ2n) is 3.13. The molecule has 2 heterocycles. The van der Waals surface area contributed by atoms with Crippen LogP contribution >= 0.6 is 0 Å². The molecule has 0 spiro atoms. The van der Waals surface area contributed by atoms with Gasteiger partial charge in [-0.3, -0.25) is 4.90 Å². The maximum Gasteiger partial charge on any atom is 0.0749 e. The Bertz CT molecular complexity index is 226. The number of aryl methyl sites for hydroxylation is 1. The van der Waals surface area contributed by atoms with Crippen molar-refractivity contribution in [3.05, 3.63) is 23.5 Å². The van der Waals surface area contributed by atoms with Crippen molar-refractivity contribution in [3.63, 3.8) is 0 Å². The van der Waals surface area contributed by atoms with Gasteiger partial charge in [0.25, 0.3) is 0 Å². The Balaban J connectivity index is 2.39. The molecule has 2 nitrogen and oxygen atoms in total. The molecule has 1 aliphatic rings. The number of aromatic nitrogens is 1. The summed E-state index contributed by atoms with van der Waals surface area (Å²) < 4.78 is 2.30. The summed E-state index contributed by atoms with van der Waals surface area (Å²) in [4.78, 5) is 2.30. The lowest BCUT2D eigenvalue weighted by Crippen LogP contribution is -2.10. The lowest BCUT2D eigenvalue weighted by molar-refractivity contribution is 0.318. The van der Waals surface area contributed by atoms with Crippen LogP contribution in [0.2, 0.25) is 0 Å². The third-order valence-electron chi connectivity index (χ3n) is 1.95. The highest BCUT2D eigenvalue weighted by Crippen LogP contribution is 2.16. The molecule has 0 atom stereocenters. The van der Waals surface area contributed by atoms with E-state index in [0.29, 0.717) is 0 Å². The maximum atomic E-state index is 2.30. The van der Waals surface area contributed by atoms with Crippen molar-refractivity contribution in [1.82, 2.24) is 9.47 Å². The third-order valence-corrected chi connectivity index (χ3v) is 1.95. The summed E-state index contributed by atoms with van der Waals surface area (Å²) in [5.74, 6) is 0. The van der Waals surface area contributed by atoms with E-state index in [-0.39, 0.29) is 0 Å². The fourth-order valence-electron chi connectivity index (χ4n) is 1.57. The van der Waals surface area contributed by atoms with Gasteiger partial charge in [-0.05, 0) is 25.6 Å². The molecular formula is C8H12N2. The molecule has 0 aliphatic carbocycles. The molecule has 1 aliphatic heterocycles. The fourth-order valence-corrected chi connectivity index (χ4v) is 1.57. The van der Waals surface area contributed by atoms with Crippen LogP contribution in [0.1, 0.15) is 11.3 Å². The average Bonchev–Trinajstić information content (AvgIpc) is 2.21. The fraction of sp³-hybridized carbons (Fsp3) is 0.500. The molecule has 0 aromatic carbocycles. The second-order valence-corrected chi connectivity index (χ2v) is 3.13. The Labute approximate surface area is 61.1 Å². The summed E-state index contributed by atoms with van der Waals surface area (Å²) in [5.41, 5.74) is 2.82. The van der Waals surface area contributed by atoms with Gasteiger partial charge in [-0.2, -0.15) is 0 Å². The zero-order valence-corrected chi connectivity index (χ0v) is 6.46. The Morgan fingerprint density at radius 1 is 1.50 bits per heavy atom. The van der Waals surface area contributed by atoms with E-state index >= 15 is 0 Å². The highest BCUT2D eigenvalue weighted by molar-refractivity contribution is 5.18. The van der Waals surface area contributed by atoms with Gasteiger partial charge in [0.15, 0.2) is 0 Å². The topological polar surface area (TPSA) is 8.17 Å². The van der Waals surface area contributed by atoms with Crippen LogP contribution in [0, 0.1) is 6.92 Å². The van der Waals surface area contributed by atoms with E-state index in [1.165, 1.54) is 11.3 Å². The predicted molar refractivity (Wildman–Crippen MR) is 40.6 cm³/mol. The first kappa shape index (κ1) is 5.98. The number of rotatable bonds is 0. The average molecular weight is 136 g/mol. The predicted octanol–water partition coefficient (Wildman–Crippen LogP) is 1.20. The van der Waals surface area contributed by atoms with Crippen molar-refractivity contribution >= 4 is 0 Å². The molecule has 1 aromatic heterocycles. The maximum absolute atomic E-state index is 2.30. The van der Waals surface area contributed by atoms with Crippen molar-refractivity contribution in [3.8, 4) is 0 Å². The summed E-state index contributed by atoms with van der Waals surface area (Å²) >= 11 is 0. The number of hydrogen-bond acceptors (Lipinski definition) is 1. The van der Waals surface area contributed by atoms with Crippen LogP contribution in [0.3, 0.4) is 0 Å². The molecular weight excluding hydrogens is 124 g/mol. The van der Waals surface area contributed by atoms with Crippen LogP contribution in [0.25, 0.3) is 0 Å². The lowest BCUT2D eigenvalue weighted by atomic mass is 10.3. The van der Waals surface area contributed by atoms with Crippen molar-refractivity contribution in [2.45, 2.75) is 20.1 Å². The molecule has 2 rings (SSSR count). The van der Waals surface area contributed by atoms with E-state index in [1.807, 2.05) is 0 Å². The minimum Gasteiger partial charge on any atom is -0.337 e. The second kappa shape index (κ2) is 1.86. The van der Waals surface area contributed by atoms with Crippen molar-refractivity contribution in [1.29, 1.82) is 0 Å². The minimum absolute atomic E-state index is 1.06. The van der Waals surface area contributed by atoms with Gasteiger partial charge in [0.2, 0.25) is 0 Å². The molecule has 0 N–H and O–H groups in total. The van der Waals surface area contributed by atoms with Crippen molar-refractivity contribution < 1.29 is 0 Å². The normalized spacial score (nSPS) is 17.8. The Morgan fingerprint density at radius 2 is 2.30 bits per heavy atom. The van der Waals surface area contributed by atoms with Crippen LogP contribution < -0.4 is 0 Å². The zero-order valence-electron chi connectivity index (χ0n) is 6.46. The van der Waals surface area contributed by atoms with E-state index in [2.05, 4.69) is 35.7 Å². The van der Waals surface area contributed by atoms with E-state index in [9.17, 15) is 0 Å². The first-order valence-corrected chi connectivity index (χ1v) is 3.60. The molecule has 0 amide bonds. The van der Waals surface area contributed by atoms with Crippen LogP contribution in [0.15, 0.2) is 12.3 Å². The number of fused-ring (bicyclic) bond motifs is 1. The van der Waals surface area contributed by atoms with E-state index in [0.717, 1.165) is 13.2 Å². The van der Waals surface area contributed by atoms with Gasteiger partial charge in [0.1, 0.15) is 0 Å². The summed E-state index contributed by atoms with van der Waals surface area (Å²) in [6.07, 6.45) is 2.21. The smallest absolute Gasteiger partial charge is 0.0749 e. The van der Waals surface area contributed by atoms with Crippen LogP contribution in [0.5, 0.6) is 0 Å². The summed E-state index contributed by atoms with van der Waals surface area (Å²) in [7, 11) is 2.14. The first-order chi connectivity index (χ1) is 4.75. The van der Waals surface area contributed by atoms with Crippen LogP contribution in [-0.4, -0.2) is 16.5 Å². The largest absolute Gasteiger partial charge is 0.337 e. The number of nitrogens with zero attached hydrogens (tertiary/aromatic N) is 2. The Kier molecular flexibility index (Phi) is 1.11. The molecule has 0 saturated heterocycles. The molecule has 10 heavy (non-hydrogen) atoms. The van der Waals surface area contributed by atoms with Crippen molar-refractivity contribution in [2.75, 3.05) is 7.05 Å². The van der Waals surface area contributed by atoms with Gasteiger partial charge in [-0.1, -0.05) is 0 Å². The summed E-state index contributed by atoms with van der Waals surface area (Å²) in [6, 6.07) is 2.25. The quantitative estimate of drug-likeness (QED) is 0.520. The molecule has 0 saturated carbocycles. The molecule has 1 aromatic rings. The molecule has 54 valence electrons. The molecule has 0 radical (unpaired) electrons. The van der Waals surface area contributed by atoms with Gasteiger partial charge < -0.3 is 4.57 Å². The van der Waals surface area contributed by atoms with Gasteiger partial charge in [0, 0.05) is 18.4 Å². The minimum atomic E-state index is 1.06. The van der Waals surface area contributed by atoms with Crippen molar-refractivity contribution in [2.24, 2.45) is 0 Å². The number of hydrogen-bond donors (Lipinski definition) is 0. The third kappa shape index (κ3) is 0.762. The zero-order chi connectivity index (χ0) is 7.14. The lowest BCUT2D eigenvalue weighted by Gasteiger charge is -2.03. The van der Waals surface area contributed by atoms with E-state index < -0.39 is 0 Å². The van der Waals surface area contributed by atoms with Gasteiger partial charge in [0.05, 0.1) is 6.67 Å². The van der Waals surface area contributed by atoms with Gasteiger partial charge >= 0.3 is 0 Å². The summed E-state index contributed by atoms with van der Waals surface area (Å²) in [6.45, 7) is 4.31. The monoisotopic (exact) mass is 136 g/mol. The van der Waals surface area contributed by atoms with Gasteiger partial charge in [-0.25, -0.2) is 0 Å². The highest BCUT2D eigenvalue weighted by atomic mass is 15.3. The van der Waals surface area contributed by atoms with Gasteiger partial charge in [-0.15, -0.1) is 0 Å². The molecule has 2 heteroatoms. The molecule has 0 bridgehead atoms.